The summed E-state index contributed by atoms with van der Waals surface area (Å²) in [5, 5.41) is 0. The molecule has 1 aromatic carbocycles. The van der Waals surface area contributed by atoms with E-state index in [2.05, 4.69) is 0 Å². The third kappa shape index (κ3) is 2.97. The second-order valence-electron chi connectivity index (χ2n) is 4.01. The van der Waals surface area contributed by atoms with E-state index in [0.29, 0.717) is 32.7 Å². The first-order chi connectivity index (χ1) is 8.31. The van der Waals surface area contributed by atoms with Gasteiger partial charge >= 0.3 is 0 Å². The van der Waals surface area contributed by atoms with Crippen LogP contribution in [0.15, 0.2) is 24.3 Å². The fourth-order valence-electron chi connectivity index (χ4n) is 1.92. The molecule has 1 heterocycles. The van der Waals surface area contributed by atoms with Gasteiger partial charge in [0.25, 0.3) is 0 Å². The Kier molecular flexibility index (Phi) is 3.98. The van der Waals surface area contributed by atoms with Gasteiger partial charge in [0, 0.05) is 13.0 Å². The van der Waals surface area contributed by atoms with E-state index in [4.69, 9.17) is 9.47 Å². The largest absolute Gasteiger partial charge is 0.496 e. The molecule has 4 nitrogen and oxygen atoms in total. The zero-order valence-corrected chi connectivity index (χ0v) is 10.0. The van der Waals surface area contributed by atoms with E-state index < -0.39 is 0 Å². The van der Waals surface area contributed by atoms with Gasteiger partial charge < -0.3 is 14.4 Å². The molecular weight excluding hydrogens is 218 g/mol. The number of aryl methyl sites for hydroxylation is 1. The fraction of sp³-hybridized carbons (Fsp3) is 0.462. The van der Waals surface area contributed by atoms with Gasteiger partial charge in [0.05, 0.1) is 13.7 Å². The molecule has 1 aliphatic heterocycles. The number of ether oxygens (including phenoxy) is 2. The first-order valence-corrected chi connectivity index (χ1v) is 5.78. The lowest BCUT2D eigenvalue weighted by Crippen LogP contribution is -2.28. The van der Waals surface area contributed by atoms with E-state index in [9.17, 15) is 4.79 Å². The van der Waals surface area contributed by atoms with Crippen molar-refractivity contribution in [2.75, 3.05) is 27.0 Å². The third-order valence-electron chi connectivity index (χ3n) is 2.91. The predicted octanol–water partition coefficient (Wildman–Crippen LogP) is 1.44. The molecule has 0 N–H and O–H groups in total. The van der Waals surface area contributed by atoms with Gasteiger partial charge in [-0.2, -0.15) is 0 Å². The van der Waals surface area contributed by atoms with E-state index in [1.807, 2.05) is 24.3 Å². The van der Waals surface area contributed by atoms with Crippen molar-refractivity contribution in [2.45, 2.75) is 12.8 Å². The van der Waals surface area contributed by atoms with Crippen LogP contribution in [0.25, 0.3) is 0 Å². The summed E-state index contributed by atoms with van der Waals surface area (Å²) in [5.41, 5.74) is 1.07. The number of rotatable bonds is 4. The molecule has 1 amide bonds. The molecule has 17 heavy (non-hydrogen) atoms. The van der Waals surface area contributed by atoms with Gasteiger partial charge in [-0.3, -0.25) is 4.79 Å². The van der Waals surface area contributed by atoms with Crippen LogP contribution in [0.1, 0.15) is 12.0 Å². The van der Waals surface area contributed by atoms with Crippen molar-refractivity contribution in [3.63, 3.8) is 0 Å². The SMILES string of the molecule is COc1ccccc1CCC(=O)N1CCOC1. The van der Waals surface area contributed by atoms with Crippen LogP contribution in [-0.2, 0) is 16.0 Å². The second kappa shape index (κ2) is 5.68. The van der Waals surface area contributed by atoms with Crippen LogP contribution in [0.5, 0.6) is 5.75 Å². The van der Waals surface area contributed by atoms with Crippen molar-refractivity contribution in [2.24, 2.45) is 0 Å². The molecule has 0 radical (unpaired) electrons. The number of nitrogens with zero attached hydrogens (tertiary/aromatic N) is 1. The molecule has 0 aliphatic carbocycles. The topological polar surface area (TPSA) is 38.8 Å². The smallest absolute Gasteiger partial charge is 0.224 e. The summed E-state index contributed by atoms with van der Waals surface area (Å²) < 4.78 is 10.4. The molecule has 4 heteroatoms. The summed E-state index contributed by atoms with van der Waals surface area (Å²) in [6.45, 7) is 1.80. The van der Waals surface area contributed by atoms with Crippen LogP contribution in [0.3, 0.4) is 0 Å². The molecule has 1 saturated heterocycles. The quantitative estimate of drug-likeness (QED) is 0.792. The second-order valence-corrected chi connectivity index (χ2v) is 4.01. The molecule has 0 bridgehead atoms. The number of carbonyl (C=O) groups excluding carboxylic acids is 1. The number of benzene rings is 1. The summed E-state index contributed by atoms with van der Waals surface area (Å²) in [4.78, 5) is 13.6. The average Bonchev–Trinajstić information content (AvgIpc) is 2.90. The lowest BCUT2D eigenvalue weighted by molar-refractivity contribution is -0.131. The number of para-hydroxylation sites is 1. The highest BCUT2D eigenvalue weighted by Gasteiger charge is 2.18. The Labute approximate surface area is 101 Å². The maximum atomic E-state index is 11.8. The van der Waals surface area contributed by atoms with E-state index >= 15 is 0 Å². The van der Waals surface area contributed by atoms with Crippen molar-refractivity contribution in [3.8, 4) is 5.75 Å². The number of hydrogen-bond donors (Lipinski definition) is 0. The molecule has 0 aromatic heterocycles. The summed E-state index contributed by atoms with van der Waals surface area (Å²) >= 11 is 0. The average molecular weight is 235 g/mol. The highest BCUT2D eigenvalue weighted by molar-refractivity contribution is 5.76. The van der Waals surface area contributed by atoms with E-state index in [1.54, 1.807) is 12.0 Å². The van der Waals surface area contributed by atoms with Gasteiger partial charge in [-0.1, -0.05) is 18.2 Å². The van der Waals surface area contributed by atoms with Crippen LogP contribution >= 0.6 is 0 Å². The maximum absolute atomic E-state index is 11.8. The van der Waals surface area contributed by atoms with E-state index in [0.717, 1.165) is 11.3 Å². The maximum Gasteiger partial charge on any atom is 0.224 e. The van der Waals surface area contributed by atoms with Crippen molar-refractivity contribution in [3.05, 3.63) is 29.8 Å². The van der Waals surface area contributed by atoms with Crippen LogP contribution in [0.4, 0.5) is 0 Å². The van der Waals surface area contributed by atoms with Gasteiger partial charge in [0.1, 0.15) is 12.5 Å². The first-order valence-electron chi connectivity index (χ1n) is 5.78. The van der Waals surface area contributed by atoms with Crippen LogP contribution in [0, 0.1) is 0 Å². The van der Waals surface area contributed by atoms with Gasteiger partial charge in [-0.15, -0.1) is 0 Å². The molecule has 0 atom stereocenters. The van der Waals surface area contributed by atoms with Gasteiger partial charge in [0.15, 0.2) is 0 Å². The lowest BCUT2D eigenvalue weighted by atomic mass is 10.1. The molecule has 1 aliphatic rings. The minimum Gasteiger partial charge on any atom is -0.496 e. The Balaban J connectivity index is 1.90. The Morgan fingerprint density at radius 1 is 1.47 bits per heavy atom. The standard InChI is InChI=1S/C13H17NO3/c1-16-12-5-3-2-4-11(12)6-7-13(15)14-8-9-17-10-14/h2-5H,6-10H2,1H3. The Bertz CT molecular complexity index is 386. The van der Waals surface area contributed by atoms with Gasteiger partial charge in [-0.05, 0) is 18.1 Å². The van der Waals surface area contributed by atoms with Crippen molar-refractivity contribution >= 4 is 5.91 Å². The van der Waals surface area contributed by atoms with Crippen molar-refractivity contribution < 1.29 is 14.3 Å². The normalized spacial score (nSPS) is 15.0. The Morgan fingerprint density at radius 3 is 3.00 bits per heavy atom. The zero-order valence-electron chi connectivity index (χ0n) is 10.0. The Hall–Kier alpha value is -1.55. The minimum atomic E-state index is 0.147. The molecule has 0 unspecified atom stereocenters. The van der Waals surface area contributed by atoms with Crippen LogP contribution < -0.4 is 4.74 Å². The molecule has 92 valence electrons. The van der Waals surface area contributed by atoms with Gasteiger partial charge in [-0.25, -0.2) is 0 Å². The molecule has 2 rings (SSSR count). The summed E-state index contributed by atoms with van der Waals surface area (Å²) in [6.07, 6.45) is 1.21. The van der Waals surface area contributed by atoms with E-state index in [-0.39, 0.29) is 5.91 Å². The fourth-order valence-corrected chi connectivity index (χ4v) is 1.92. The van der Waals surface area contributed by atoms with E-state index in [1.165, 1.54) is 0 Å². The predicted molar refractivity (Wildman–Crippen MR) is 63.8 cm³/mol. The molecule has 0 spiro atoms. The lowest BCUT2D eigenvalue weighted by Gasteiger charge is -2.14. The van der Waals surface area contributed by atoms with Crippen molar-refractivity contribution in [1.82, 2.24) is 4.90 Å². The highest BCUT2D eigenvalue weighted by Crippen LogP contribution is 2.19. The summed E-state index contributed by atoms with van der Waals surface area (Å²) in [6, 6.07) is 7.80. The summed E-state index contributed by atoms with van der Waals surface area (Å²) in [5.74, 6) is 0.992. The van der Waals surface area contributed by atoms with Gasteiger partial charge in [0.2, 0.25) is 5.91 Å². The number of carbonyl (C=O) groups is 1. The number of amides is 1. The van der Waals surface area contributed by atoms with Crippen LogP contribution in [0.2, 0.25) is 0 Å². The summed E-state index contributed by atoms with van der Waals surface area (Å²) in [7, 11) is 1.65. The van der Waals surface area contributed by atoms with Crippen LogP contribution in [-0.4, -0.2) is 37.8 Å². The minimum absolute atomic E-state index is 0.147. The third-order valence-corrected chi connectivity index (χ3v) is 2.91. The first kappa shape index (κ1) is 11.9. The number of hydrogen-bond acceptors (Lipinski definition) is 3. The Morgan fingerprint density at radius 2 is 2.29 bits per heavy atom. The molecule has 1 aromatic rings. The molecule has 1 fully saturated rings. The highest BCUT2D eigenvalue weighted by atomic mass is 16.5. The van der Waals surface area contributed by atoms with Crippen molar-refractivity contribution in [1.29, 1.82) is 0 Å². The zero-order chi connectivity index (χ0) is 12.1. The number of methoxy groups -OCH3 is 1. The molecular formula is C13H17NO3. The molecule has 0 saturated carbocycles. The monoisotopic (exact) mass is 235 g/mol.